The van der Waals surface area contributed by atoms with Gasteiger partial charge < -0.3 is 14.8 Å². The van der Waals surface area contributed by atoms with Crippen LogP contribution in [0.3, 0.4) is 0 Å². The van der Waals surface area contributed by atoms with Crippen molar-refractivity contribution in [2.45, 2.75) is 44.6 Å². The molecule has 0 spiro atoms. The van der Waals surface area contributed by atoms with E-state index >= 15 is 0 Å². The average molecular weight is 382 g/mol. The molecule has 0 unspecified atom stereocenters. The third-order valence-corrected chi connectivity index (χ3v) is 5.11. The van der Waals surface area contributed by atoms with Crippen LogP contribution in [-0.4, -0.2) is 37.6 Å². The first-order valence-corrected chi connectivity index (χ1v) is 9.02. The number of rotatable bonds is 8. The Labute approximate surface area is 158 Å². The smallest absolute Gasteiger partial charge is 0.328 e. The highest BCUT2D eigenvalue weighted by atomic mass is 35.5. The van der Waals surface area contributed by atoms with Crippen LogP contribution in [0, 0.1) is 5.92 Å². The molecule has 1 aromatic carbocycles. The Bertz CT molecular complexity index is 669. The van der Waals surface area contributed by atoms with Crippen LogP contribution in [0.1, 0.15) is 38.7 Å². The van der Waals surface area contributed by atoms with E-state index in [-0.39, 0.29) is 5.92 Å². The van der Waals surface area contributed by atoms with E-state index in [1.807, 2.05) is 13.8 Å². The van der Waals surface area contributed by atoms with E-state index in [0.717, 1.165) is 5.56 Å². The van der Waals surface area contributed by atoms with Gasteiger partial charge >= 0.3 is 11.9 Å². The summed E-state index contributed by atoms with van der Waals surface area (Å²) in [6, 6.07) is 6.29. The summed E-state index contributed by atoms with van der Waals surface area (Å²) in [7, 11) is 1.27. The molecular weight excluding hydrogens is 358 g/mol. The maximum atomic E-state index is 12.5. The molecule has 1 aliphatic carbocycles. The number of methoxy groups -OCH3 is 1. The van der Waals surface area contributed by atoms with Crippen LogP contribution in [0.15, 0.2) is 24.3 Å². The third-order valence-electron chi connectivity index (χ3n) is 4.86. The first-order chi connectivity index (χ1) is 12.3. The Balaban J connectivity index is 1.93. The maximum Gasteiger partial charge on any atom is 0.328 e. The number of halogens is 1. The number of benzene rings is 1. The number of carbonyl (C=O) groups is 3. The number of ether oxygens (including phenoxy) is 2. The van der Waals surface area contributed by atoms with Gasteiger partial charge in [-0.15, -0.1) is 0 Å². The standard InChI is InChI=1S/C19H24ClNO5/c1-4-12(2)16(17(23)25-3)21-15(22)11-26-18(24)19(9-10-19)13-5-7-14(20)8-6-13/h5-8,12,16H,4,9-11H2,1-3H3,(H,21,22)/t12-,16-/m1/s1. The van der Waals surface area contributed by atoms with Gasteiger partial charge in [0.25, 0.3) is 5.91 Å². The Morgan fingerprint density at radius 1 is 1.23 bits per heavy atom. The average Bonchev–Trinajstić information content (AvgIpc) is 3.45. The van der Waals surface area contributed by atoms with Gasteiger partial charge in [-0.1, -0.05) is 44.0 Å². The predicted octanol–water partition coefficient (Wildman–Crippen LogP) is 2.62. The second kappa shape index (κ2) is 8.54. The summed E-state index contributed by atoms with van der Waals surface area (Å²) in [6.07, 6.45) is 2.04. The van der Waals surface area contributed by atoms with Gasteiger partial charge in [-0.05, 0) is 36.5 Å². The molecular formula is C19H24ClNO5. The molecule has 0 heterocycles. The van der Waals surface area contributed by atoms with Gasteiger partial charge in [-0.2, -0.15) is 0 Å². The molecule has 1 aromatic rings. The number of hydrogen-bond donors (Lipinski definition) is 1. The van der Waals surface area contributed by atoms with Crippen molar-refractivity contribution >= 4 is 29.4 Å². The highest BCUT2D eigenvalue weighted by Crippen LogP contribution is 2.49. The lowest BCUT2D eigenvalue weighted by Crippen LogP contribution is -2.47. The molecule has 0 aromatic heterocycles. The molecule has 1 fully saturated rings. The fraction of sp³-hybridized carbons (Fsp3) is 0.526. The molecule has 2 atom stereocenters. The fourth-order valence-electron chi connectivity index (χ4n) is 2.79. The van der Waals surface area contributed by atoms with E-state index in [1.54, 1.807) is 24.3 Å². The van der Waals surface area contributed by atoms with Crippen molar-refractivity contribution in [1.29, 1.82) is 0 Å². The summed E-state index contributed by atoms with van der Waals surface area (Å²) < 4.78 is 9.93. The molecule has 0 radical (unpaired) electrons. The lowest BCUT2D eigenvalue weighted by atomic mass is 9.96. The van der Waals surface area contributed by atoms with Gasteiger partial charge in [-0.25, -0.2) is 4.79 Å². The van der Waals surface area contributed by atoms with Gasteiger partial charge in [0.05, 0.1) is 12.5 Å². The summed E-state index contributed by atoms with van der Waals surface area (Å²) >= 11 is 5.88. The highest BCUT2D eigenvalue weighted by Gasteiger charge is 2.52. The summed E-state index contributed by atoms with van der Waals surface area (Å²) in [6.45, 7) is 3.32. The van der Waals surface area contributed by atoms with Crippen LogP contribution in [-0.2, 0) is 29.3 Å². The number of esters is 2. The number of nitrogens with one attached hydrogen (secondary N) is 1. The quantitative estimate of drug-likeness (QED) is 0.700. The maximum absolute atomic E-state index is 12.5. The molecule has 26 heavy (non-hydrogen) atoms. The zero-order valence-electron chi connectivity index (χ0n) is 15.2. The molecule has 1 N–H and O–H groups in total. The molecule has 0 bridgehead atoms. The van der Waals surface area contributed by atoms with Crippen molar-refractivity contribution in [2.75, 3.05) is 13.7 Å². The summed E-state index contributed by atoms with van der Waals surface area (Å²) in [5.41, 5.74) is 0.142. The van der Waals surface area contributed by atoms with Crippen LogP contribution in [0.2, 0.25) is 5.02 Å². The normalized spacial score (nSPS) is 16.9. The topological polar surface area (TPSA) is 81.7 Å². The zero-order valence-corrected chi connectivity index (χ0v) is 16.0. The van der Waals surface area contributed by atoms with E-state index < -0.39 is 35.9 Å². The minimum Gasteiger partial charge on any atom is -0.467 e. The van der Waals surface area contributed by atoms with Gasteiger partial charge in [0, 0.05) is 5.02 Å². The minimum atomic E-state index is -0.762. The van der Waals surface area contributed by atoms with Crippen LogP contribution in [0.25, 0.3) is 0 Å². The largest absolute Gasteiger partial charge is 0.467 e. The van der Waals surface area contributed by atoms with Crippen molar-refractivity contribution in [1.82, 2.24) is 5.32 Å². The lowest BCUT2D eigenvalue weighted by Gasteiger charge is -2.22. The highest BCUT2D eigenvalue weighted by molar-refractivity contribution is 6.30. The Morgan fingerprint density at radius 3 is 2.35 bits per heavy atom. The SMILES string of the molecule is CC[C@@H](C)[C@@H](NC(=O)COC(=O)C1(c2ccc(Cl)cc2)CC1)C(=O)OC. The van der Waals surface area contributed by atoms with Crippen LogP contribution in [0.4, 0.5) is 0 Å². The monoisotopic (exact) mass is 381 g/mol. The Hall–Kier alpha value is -2.08. The third kappa shape index (κ3) is 4.55. The fourth-order valence-corrected chi connectivity index (χ4v) is 2.91. The van der Waals surface area contributed by atoms with Crippen molar-refractivity contribution in [2.24, 2.45) is 5.92 Å². The van der Waals surface area contributed by atoms with Crippen molar-refractivity contribution in [3.05, 3.63) is 34.9 Å². The number of hydrogen-bond acceptors (Lipinski definition) is 5. The van der Waals surface area contributed by atoms with Crippen molar-refractivity contribution in [3.8, 4) is 0 Å². The second-order valence-corrected chi connectivity index (χ2v) is 7.06. The Kier molecular flexibility index (Phi) is 6.64. The van der Waals surface area contributed by atoms with Gasteiger partial charge in [0.15, 0.2) is 6.61 Å². The molecule has 1 amide bonds. The molecule has 6 nitrogen and oxygen atoms in total. The zero-order chi connectivity index (χ0) is 19.3. The second-order valence-electron chi connectivity index (χ2n) is 6.62. The van der Waals surface area contributed by atoms with Gasteiger partial charge in [0.2, 0.25) is 0 Å². The summed E-state index contributed by atoms with van der Waals surface area (Å²) in [4.78, 5) is 36.4. The van der Waals surface area contributed by atoms with E-state index in [2.05, 4.69) is 5.32 Å². The molecule has 142 valence electrons. The van der Waals surface area contributed by atoms with Gasteiger partial charge in [-0.3, -0.25) is 9.59 Å². The first kappa shape index (κ1) is 20.2. The van der Waals surface area contributed by atoms with E-state index in [1.165, 1.54) is 7.11 Å². The van der Waals surface area contributed by atoms with Crippen LogP contribution >= 0.6 is 11.6 Å². The van der Waals surface area contributed by atoms with Crippen molar-refractivity contribution in [3.63, 3.8) is 0 Å². The van der Waals surface area contributed by atoms with E-state index in [0.29, 0.717) is 24.3 Å². The first-order valence-electron chi connectivity index (χ1n) is 8.64. The van der Waals surface area contributed by atoms with E-state index in [9.17, 15) is 14.4 Å². The minimum absolute atomic E-state index is 0.0917. The molecule has 1 aliphatic rings. The lowest BCUT2D eigenvalue weighted by molar-refractivity contribution is -0.152. The molecule has 0 saturated heterocycles. The summed E-state index contributed by atoms with van der Waals surface area (Å²) in [5.74, 6) is -1.57. The van der Waals surface area contributed by atoms with E-state index in [4.69, 9.17) is 21.1 Å². The van der Waals surface area contributed by atoms with Gasteiger partial charge in [0.1, 0.15) is 6.04 Å². The molecule has 1 saturated carbocycles. The summed E-state index contributed by atoms with van der Waals surface area (Å²) in [5, 5.41) is 3.18. The molecule has 7 heteroatoms. The molecule has 0 aliphatic heterocycles. The Morgan fingerprint density at radius 2 is 1.85 bits per heavy atom. The molecule has 2 rings (SSSR count). The van der Waals surface area contributed by atoms with Crippen molar-refractivity contribution < 1.29 is 23.9 Å². The number of amides is 1. The number of carbonyl (C=O) groups excluding carboxylic acids is 3. The van der Waals surface area contributed by atoms with Crippen LogP contribution in [0.5, 0.6) is 0 Å². The van der Waals surface area contributed by atoms with Crippen LogP contribution < -0.4 is 5.32 Å². The predicted molar refractivity (Wildman–Crippen MR) is 96.7 cm³/mol.